The summed E-state index contributed by atoms with van der Waals surface area (Å²) in [6.07, 6.45) is 1.33. The summed E-state index contributed by atoms with van der Waals surface area (Å²) < 4.78 is 14.7. The van der Waals surface area contributed by atoms with Gasteiger partial charge < -0.3 is 9.88 Å². The van der Waals surface area contributed by atoms with E-state index in [0.29, 0.717) is 5.69 Å². The molecule has 1 amide bonds. The lowest BCUT2D eigenvalue weighted by atomic mass is 10.3. The summed E-state index contributed by atoms with van der Waals surface area (Å²) in [5.74, 6) is -0.960. The van der Waals surface area contributed by atoms with Crippen molar-refractivity contribution in [2.75, 3.05) is 5.32 Å². The molecule has 0 aliphatic rings. The largest absolute Gasteiger partial charge is 0.331 e. The third-order valence-corrected chi connectivity index (χ3v) is 2.67. The third kappa shape index (κ3) is 3.00. The van der Waals surface area contributed by atoms with Crippen molar-refractivity contribution < 1.29 is 9.18 Å². The van der Waals surface area contributed by atoms with Crippen LogP contribution in [0.25, 0.3) is 0 Å². The molecule has 1 N–H and O–H groups in total. The van der Waals surface area contributed by atoms with E-state index in [2.05, 4.69) is 5.32 Å². The number of halogens is 1. The molecule has 0 unspecified atom stereocenters. The number of carbonyl (C=O) groups excluding carboxylic acids is 1. The lowest BCUT2D eigenvalue weighted by Gasteiger charge is -2.07. The molecule has 1 aromatic carbocycles. The van der Waals surface area contributed by atoms with Crippen molar-refractivity contribution in [2.45, 2.75) is 6.54 Å². The number of aromatic nitrogens is 2. The molecule has 7 heteroatoms. The van der Waals surface area contributed by atoms with Crippen molar-refractivity contribution >= 4 is 11.6 Å². The van der Waals surface area contributed by atoms with Gasteiger partial charge in [-0.2, -0.15) is 0 Å². The maximum absolute atomic E-state index is 12.7. The molecule has 1 aromatic heterocycles. The zero-order valence-electron chi connectivity index (χ0n) is 10.7. The van der Waals surface area contributed by atoms with Crippen LogP contribution in [-0.4, -0.2) is 15.0 Å². The number of nitrogens with zero attached hydrogens (tertiary/aromatic N) is 2. The number of rotatable bonds is 3. The standard InChI is InChI=1S/C13H12FN3O3/c1-16-7-6-12(19)17(13(16)20)8-11(18)15-10-4-2-9(14)3-5-10/h2-7H,8H2,1H3,(H,15,18). The normalized spacial score (nSPS) is 10.3. The van der Waals surface area contributed by atoms with Crippen molar-refractivity contribution in [2.24, 2.45) is 7.05 Å². The minimum atomic E-state index is -0.577. The molecule has 0 saturated heterocycles. The Kier molecular flexibility index (Phi) is 3.79. The van der Waals surface area contributed by atoms with Gasteiger partial charge in [0.15, 0.2) is 0 Å². The fourth-order valence-corrected chi connectivity index (χ4v) is 1.64. The number of anilines is 1. The average molecular weight is 277 g/mol. The van der Waals surface area contributed by atoms with E-state index in [9.17, 15) is 18.8 Å². The van der Waals surface area contributed by atoms with E-state index in [-0.39, 0.29) is 0 Å². The van der Waals surface area contributed by atoms with Gasteiger partial charge in [-0.05, 0) is 24.3 Å². The Morgan fingerprint density at radius 2 is 1.85 bits per heavy atom. The molecule has 0 radical (unpaired) electrons. The van der Waals surface area contributed by atoms with Crippen LogP contribution in [0.1, 0.15) is 0 Å². The van der Waals surface area contributed by atoms with Crippen LogP contribution in [0.15, 0.2) is 46.1 Å². The van der Waals surface area contributed by atoms with Crippen molar-refractivity contribution in [3.05, 3.63) is 63.2 Å². The molecule has 6 nitrogen and oxygen atoms in total. The van der Waals surface area contributed by atoms with E-state index in [0.717, 1.165) is 4.57 Å². The number of amides is 1. The first-order valence-electron chi connectivity index (χ1n) is 5.79. The van der Waals surface area contributed by atoms with Gasteiger partial charge in [-0.3, -0.25) is 14.2 Å². The fraction of sp³-hybridized carbons (Fsp3) is 0.154. The summed E-state index contributed by atoms with van der Waals surface area (Å²) >= 11 is 0. The molecule has 0 aliphatic heterocycles. The minimum absolute atomic E-state index is 0.386. The molecule has 0 bridgehead atoms. The Labute approximate surface area is 113 Å². The predicted molar refractivity (Wildman–Crippen MR) is 71.0 cm³/mol. The highest BCUT2D eigenvalue weighted by atomic mass is 19.1. The van der Waals surface area contributed by atoms with E-state index < -0.39 is 29.5 Å². The lowest BCUT2D eigenvalue weighted by molar-refractivity contribution is -0.116. The Balaban J connectivity index is 2.17. The van der Waals surface area contributed by atoms with Crippen LogP contribution >= 0.6 is 0 Å². The van der Waals surface area contributed by atoms with Gasteiger partial charge in [0.2, 0.25) is 5.91 Å². The quantitative estimate of drug-likeness (QED) is 0.878. The second-order valence-electron chi connectivity index (χ2n) is 4.19. The van der Waals surface area contributed by atoms with Gasteiger partial charge in [0, 0.05) is 25.0 Å². The highest BCUT2D eigenvalue weighted by Crippen LogP contribution is 2.07. The predicted octanol–water partition coefficient (Wildman–Crippen LogP) is 0.325. The molecule has 0 aliphatic carbocycles. The zero-order chi connectivity index (χ0) is 14.7. The van der Waals surface area contributed by atoms with Crippen LogP contribution in [0, 0.1) is 5.82 Å². The maximum Gasteiger partial charge on any atom is 0.331 e. The molecular formula is C13H12FN3O3. The zero-order valence-corrected chi connectivity index (χ0v) is 10.7. The average Bonchev–Trinajstić information content (AvgIpc) is 2.42. The number of aryl methyl sites for hydroxylation is 1. The second-order valence-corrected chi connectivity index (χ2v) is 4.19. The van der Waals surface area contributed by atoms with Crippen molar-refractivity contribution in [1.29, 1.82) is 0 Å². The Hall–Kier alpha value is -2.70. The number of hydrogen-bond donors (Lipinski definition) is 1. The van der Waals surface area contributed by atoms with Gasteiger partial charge in [-0.15, -0.1) is 0 Å². The minimum Gasteiger partial charge on any atom is -0.325 e. The molecule has 0 spiro atoms. The SMILES string of the molecule is Cn1ccc(=O)n(CC(=O)Nc2ccc(F)cc2)c1=O. The third-order valence-electron chi connectivity index (χ3n) is 2.67. The molecule has 20 heavy (non-hydrogen) atoms. The number of carbonyl (C=O) groups is 1. The topological polar surface area (TPSA) is 73.1 Å². The molecule has 2 rings (SSSR count). The maximum atomic E-state index is 12.7. The molecule has 0 atom stereocenters. The van der Waals surface area contributed by atoms with Crippen LogP contribution in [0.2, 0.25) is 0 Å². The van der Waals surface area contributed by atoms with Gasteiger partial charge >= 0.3 is 5.69 Å². The van der Waals surface area contributed by atoms with Crippen molar-refractivity contribution in [1.82, 2.24) is 9.13 Å². The van der Waals surface area contributed by atoms with E-state index in [1.807, 2.05) is 0 Å². The van der Waals surface area contributed by atoms with E-state index >= 15 is 0 Å². The summed E-state index contributed by atoms with van der Waals surface area (Å²) in [6, 6.07) is 6.37. The Morgan fingerprint density at radius 1 is 1.20 bits per heavy atom. The Morgan fingerprint density at radius 3 is 2.50 bits per heavy atom. The first kappa shape index (κ1) is 13.7. The summed E-state index contributed by atoms with van der Waals surface area (Å²) in [5.41, 5.74) is -0.744. The molecule has 2 aromatic rings. The van der Waals surface area contributed by atoms with Crippen LogP contribution < -0.4 is 16.6 Å². The summed E-state index contributed by atoms with van der Waals surface area (Å²) in [7, 11) is 1.48. The summed E-state index contributed by atoms with van der Waals surface area (Å²) in [4.78, 5) is 35.0. The van der Waals surface area contributed by atoms with Gasteiger partial charge in [-0.25, -0.2) is 9.18 Å². The first-order valence-corrected chi connectivity index (χ1v) is 5.79. The van der Waals surface area contributed by atoms with Crippen LogP contribution in [0.5, 0.6) is 0 Å². The van der Waals surface area contributed by atoms with Gasteiger partial charge in [0.25, 0.3) is 5.56 Å². The Bertz CT molecular complexity index is 747. The monoisotopic (exact) mass is 277 g/mol. The van der Waals surface area contributed by atoms with Crippen molar-refractivity contribution in [3.63, 3.8) is 0 Å². The van der Waals surface area contributed by atoms with Gasteiger partial charge in [0.1, 0.15) is 12.4 Å². The van der Waals surface area contributed by atoms with Crippen LogP contribution in [0.4, 0.5) is 10.1 Å². The van der Waals surface area contributed by atoms with Gasteiger partial charge in [-0.1, -0.05) is 0 Å². The molecule has 0 fully saturated rings. The number of nitrogens with one attached hydrogen (secondary N) is 1. The van der Waals surface area contributed by atoms with E-state index in [4.69, 9.17) is 0 Å². The van der Waals surface area contributed by atoms with Crippen LogP contribution in [-0.2, 0) is 18.4 Å². The fourth-order valence-electron chi connectivity index (χ4n) is 1.64. The molecule has 0 saturated carbocycles. The lowest BCUT2D eigenvalue weighted by Crippen LogP contribution is -2.40. The number of hydrogen-bond acceptors (Lipinski definition) is 3. The summed E-state index contributed by atoms with van der Waals surface area (Å²) in [5, 5.41) is 2.48. The first-order chi connectivity index (χ1) is 9.47. The molecule has 104 valence electrons. The van der Waals surface area contributed by atoms with Crippen LogP contribution in [0.3, 0.4) is 0 Å². The van der Waals surface area contributed by atoms with E-state index in [1.165, 1.54) is 48.1 Å². The second kappa shape index (κ2) is 5.52. The molecule has 1 heterocycles. The highest BCUT2D eigenvalue weighted by Gasteiger charge is 2.09. The molecular weight excluding hydrogens is 265 g/mol. The smallest absolute Gasteiger partial charge is 0.325 e. The highest BCUT2D eigenvalue weighted by molar-refractivity contribution is 5.90. The van der Waals surface area contributed by atoms with E-state index in [1.54, 1.807) is 0 Å². The van der Waals surface area contributed by atoms with Gasteiger partial charge in [0.05, 0.1) is 0 Å². The summed E-state index contributed by atoms with van der Waals surface area (Å²) in [6.45, 7) is -0.399. The number of benzene rings is 1. The van der Waals surface area contributed by atoms with Crippen molar-refractivity contribution in [3.8, 4) is 0 Å².